The number of ether oxygens (including phenoxy) is 3. The molecular formula is C26H38IN3O3. The van der Waals surface area contributed by atoms with Crippen molar-refractivity contribution in [1.29, 1.82) is 0 Å². The molecule has 6 nitrogen and oxygen atoms in total. The summed E-state index contributed by atoms with van der Waals surface area (Å²) in [5.74, 6) is 2.66. The highest BCUT2D eigenvalue weighted by atomic mass is 127. The summed E-state index contributed by atoms with van der Waals surface area (Å²) in [4.78, 5) is 4.45. The molecule has 1 aliphatic rings. The van der Waals surface area contributed by atoms with Gasteiger partial charge in [-0.05, 0) is 50.8 Å². The highest BCUT2D eigenvalue weighted by Crippen LogP contribution is 2.40. The minimum absolute atomic E-state index is 0. The van der Waals surface area contributed by atoms with Crippen LogP contribution in [0.4, 0.5) is 0 Å². The molecule has 2 aromatic rings. The van der Waals surface area contributed by atoms with Crippen LogP contribution in [0.1, 0.15) is 35.1 Å². The van der Waals surface area contributed by atoms with Gasteiger partial charge in [0.25, 0.3) is 0 Å². The van der Waals surface area contributed by atoms with Gasteiger partial charge in [0.1, 0.15) is 11.5 Å². The third-order valence-corrected chi connectivity index (χ3v) is 6.32. The summed E-state index contributed by atoms with van der Waals surface area (Å²) in [5, 5.41) is 7.03. The van der Waals surface area contributed by atoms with E-state index < -0.39 is 0 Å². The zero-order valence-corrected chi connectivity index (χ0v) is 22.8. The van der Waals surface area contributed by atoms with Crippen LogP contribution < -0.4 is 20.1 Å². The molecule has 1 saturated heterocycles. The molecule has 1 fully saturated rings. The number of halogens is 1. The minimum Gasteiger partial charge on any atom is -0.496 e. The molecule has 1 aliphatic heterocycles. The average Bonchev–Trinajstić information content (AvgIpc) is 2.82. The van der Waals surface area contributed by atoms with Gasteiger partial charge in [-0.25, -0.2) is 0 Å². The standard InChI is InChI=1S/C26H37N3O3.HI/c1-19-6-8-23(30-4)21(16-19)10-13-28-25(27-3)29-18-26(11-14-32-15-12-26)22-17-20(2)7-9-24(22)31-5;/h6-9,16-17H,10-15,18H2,1-5H3,(H2,27,28,29);1H. The van der Waals surface area contributed by atoms with Gasteiger partial charge < -0.3 is 24.8 Å². The Morgan fingerprint density at radius 3 is 2.24 bits per heavy atom. The Hall–Kier alpha value is -2.00. The fourth-order valence-corrected chi connectivity index (χ4v) is 4.43. The first-order valence-corrected chi connectivity index (χ1v) is 11.3. The number of hydrogen-bond donors (Lipinski definition) is 2. The van der Waals surface area contributed by atoms with Crippen molar-refractivity contribution in [2.75, 3.05) is 47.6 Å². The summed E-state index contributed by atoms with van der Waals surface area (Å²) in [7, 11) is 5.27. The number of aryl methyl sites for hydroxylation is 2. The second kappa shape index (κ2) is 13.0. The average molecular weight is 568 g/mol. The van der Waals surface area contributed by atoms with Crippen LogP contribution in [0.5, 0.6) is 11.5 Å². The minimum atomic E-state index is -0.0625. The quantitative estimate of drug-likeness (QED) is 0.282. The molecule has 0 spiro atoms. The molecule has 7 heteroatoms. The number of aliphatic imine (C=N–C) groups is 1. The van der Waals surface area contributed by atoms with E-state index in [0.717, 1.165) is 63.0 Å². The van der Waals surface area contributed by atoms with E-state index in [4.69, 9.17) is 14.2 Å². The van der Waals surface area contributed by atoms with E-state index in [1.165, 1.54) is 22.3 Å². The van der Waals surface area contributed by atoms with E-state index >= 15 is 0 Å². The SMILES string of the molecule is CN=C(NCCc1cc(C)ccc1OC)NCC1(c2cc(C)ccc2OC)CCOCC1.I. The van der Waals surface area contributed by atoms with Crippen LogP contribution in [0, 0.1) is 13.8 Å². The second-order valence-electron chi connectivity index (χ2n) is 8.51. The molecule has 2 N–H and O–H groups in total. The normalized spacial score (nSPS) is 15.4. The lowest BCUT2D eigenvalue weighted by Gasteiger charge is -2.39. The van der Waals surface area contributed by atoms with E-state index in [9.17, 15) is 0 Å². The predicted octanol–water partition coefficient (Wildman–Crippen LogP) is 4.39. The summed E-state index contributed by atoms with van der Waals surface area (Å²) < 4.78 is 16.9. The summed E-state index contributed by atoms with van der Waals surface area (Å²) in [6, 6.07) is 12.7. The van der Waals surface area contributed by atoms with Gasteiger partial charge in [-0.15, -0.1) is 24.0 Å². The maximum atomic E-state index is 5.73. The molecule has 1 heterocycles. The highest BCUT2D eigenvalue weighted by molar-refractivity contribution is 14.0. The Labute approximate surface area is 215 Å². The van der Waals surface area contributed by atoms with Gasteiger partial charge in [0.15, 0.2) is 5.96 Å². The molecular weight excluding hydrogens is 529 g/mol. The Morgan fingerprint density at radius 2 is 1.61 bits per heavy atom. The van der Waals surface area contributed by atoms with Crippen molar-refractivity contribution in [3.8, 4) is 11.5 Å². The van der Waals surface area contributed by atoms with Crippen LogP contribution in [-0.4, -0.2) is 53.5 Å². The summed E-state index contributed by atoms with van der Waals surface area (Å²) in [6.45, 7) is 7.26. The van der Waals surface area contributed by atoms with Crippen molar-refractivity contribution >= 4 is 29.9 Å². The van der Waals surface area contributed by atoms with Crippen LogP contribution >= 0.6 is 24.0 Å². The van der Waals surface area contributed by atoms with Crippen molar-refractivity contribution in [3.63, 3.8) is 0 Å². The maximum Gasteiger partial charge on any atom is 0.191 e. The fraction of sp³-hybridized carbons (Fsp3) is 0.500. The number of nitrogens with one attached hydrogen (secondary N) is 2. The molecule has 0 bridgehead atoms. The molecule has 0 amide bonds. The van der Waals surface area contributed by atoms with Gasteiger partial charge in [0, 0.05) is 44.3 Å². The number of nitrogens with zero attached hydrogens (tertiary/aromatic N) is 1. The molecule has 0 saturated carbocycles. The van der Waals surface area contributed by atoms with Crippen LogP contribution in [0.3, 0.4) is 0 Å². The van der Waals surface area contributed by atoms with E-state index in [1.54, 1.807) is 14.2 Å². The maximum absolute atomic E-state index is 5.73. The van der Waals surface area contributed by atoms with Crippen LogP contribution in [0.25, 0.3) is 0 Å². The van der Waals surface area contributed by atoms with E-state index in [2.05, 4.69) is 59.8 Å². The van der Waals surface area contributed by atoms with Gasteiger partial charge >= 0.3 is 0 Å². The molecule has 182 valence electrons. The van der Waals surface area contributed by atoms with Gasteiger partial charge in [-0.1, -0.05) is 35.4 Å². The first-order valence-electron chi connectivity index (χ1n) is 11.3. The zero-order valence-electron chi connectivity index (χ0n) is 20.5. The molecule has 0 aromatic heterocycles. The lowest BCUT2D eigenvalue weighted by Crippen LogP contribution is -2.48. The molecule has 3 rings (SSSR count). The lowest BCUT2D eigenvalue weighted by molar-refractivity contribution is 0.0505. The lowest BCUT2D eigenvalue weighted by atomic mass is 9.73. The Kier molecular flexibility index (Phi) is 10.8. The van der Waals surface area contributed by atoms with Gasteiger partial charge in [-0.3, -0.25) is 4.99 Å². The van der Waals surface area contributed by atoms with E-state index in [0.29, 0.717) is 0 Å². The second-order valence-corrected chi connectivity index (χ2v) is 8.51. The van der Waals surface area contributed by atoms with Crippen LogP contribution in [0.15, 0.2) is 41.4 Å². The van der Waals surface area contributed by atoms with Crippen LogP contribution in [-0.2, 0) is 16.6 Å². The van der Waals surface area contributed by atoms with Crippen molar-refractivity contribution < 1.29 is 14.2 Å². The van der Waals surface area contributed by atoms with E-state index in [1.807, 2.05) is 13.1 Å². The number of guanidine groups is 1. The van der Waals surface area contributed by atoms with Crippen molar-refractivity contribution in [3.05, 3.63) is 58.7 Å². The fourth-order valence-electron chi connectivity index (χ4n) is 4.43. The largest absolute Gasteiger partial charge is 0.496 e. The molecule has 33 heavy (non-hydrogen) atoms. The molecule has 0 unspecified atom stereocenters. The first-order chi connectivity index (χ1) is 15.5. The van der Waals surface area contributed by atoms with Gasteiger partial charge in [0.2, 0.25) is 0 Å². The van der Waals surface area contributed by atoms with Gasteiger partial charge in [0.05, 0.1) is 14.2 Å². The number of hydrogen-bond acceptors (Lipinski definition) is 4. The summed E-state index contributed by atoms with van der Waals surface area (Å²) in [6.07, 6.45) is 2.74. The number of benzene rings is 2. The summed E-state index contributed by atoms with van der Waals surface area (Å²) >= 11 is 0. The Balaban J connectivity index is 0.00000385. The first kappa shape index (κ1) is 27.2. The summed E-state index contributed by atoms with van der Waals surface area (Å²) in [5.41, 5.74) is 4.85. The zero-order chi connectivity index (χ0) is 23.0. The Bertz CT molecular complexity index is 927. The van der Waals surface area contributed by atoms with Crippen LogP contribution in [0.2, 0.25) is 0 Å². The van der Waals surface area contributed by atoms with Crippen molar-refractivity contribution in [1.82, 2.24) is 10.6 Å². The monoisotopic (exact) mass is 567 g/mol. The van der Waals surface area contributed by atoms with Crippen molar-refractivity contribution in [2.45, 2.75) is 38.5 Å². The van der Waals surface area contributed by atoms with Gasteiger partial charge in [-0.2, -0.15) is 0 Å². The van der Waals surface area contributed by atoms with E-state index in [-0.39, 0.29) is 29.4 Å². The Morgan fingerprint density at radius 1 is 0.970 bits per heavy atom. The smallest absolute Gasteiger partial charge is 0.191 e. The predicted molar refractivity (Wildman–Crippen MR) is 146 cm³/mol. The molecule has 0 atom stereocenters. The molecule has 0 radical (unpaired) electrons. The number of methoxy groups -OCH3 is 2. The third-order valence-electron chi connectivity index (χ3n) is 6.32. The molecule has 0 aliphatic carbocycles. The molecule has 2 aromatic carbocycles. The number of rotatable bonds is 8. The third kappa shape index (κ3) is 6.99. The van der Waals surface area contributed by atoms with Crippen molar-refractivity contribution in [2.24, 2.45) is 4.99 Å². The topological polar surface area (TPSA) is 64.1 Å². The highest BCUT2D eigenvalue weighted by Gasteiger charge is 2.37.